The average molecular weight is 584 g/mol. The van der Waals surface area contributed by atoms with Crippen molar-refractivity contribution in [1.29, 1.82) is 0 Å². The van der Waals surface area contributed by atoms with Crippen molar-refractivity contribution in [3.05, 3.63) is 131 Å². The molecule has 0 radical (unpaired) electrons. The van der Waals surface area contributed by atoms with Crippen molar-refractivity contribution in [2.24, 2.45) is 0 Å². The molecular formula is C33H30ClN3O3S. The fourth-order valence-corrected chi connectivity index (χ4v) is 5.00. The van der Waals surface area contributed by atoms with Crippen LogP contribution in [0.5, 0.6) is 0 Å². The largest absolute Gasteiger partial charge is 0.325 e. The Balaban J connectivity index is 1.45. The number of halogens is 1. The van der Waals surface area contributed by atoms with Gasteiger partial charge in [0.15, 0.2) is 0 Å². The van der Waals surface area contributed by atoms with Crippen LogP contribution >= 0.6 is 23.4 Å². The Bertz CT molecular complexity index is 1570. The topological polar surface area (TPSA) is 87.3 Å². The van der Waals surface area contributed by atoms with E-state index in [1.54, 1.807) is 54.6 Å². The summed E-state index contributed by atoms with van der Waals surface area (Å²) in [5.41, 5.74) is 3.35. The first-order valence-electron chi connectivity index (χ1n) is 12.9. The standard InChI is InChI=1S/C33H30ClN3O3S/c1-22-27(34)15-10-16-28(22)37-32(40)33(2,3)41-26-19-17-25(18-20-26)35-31(39)29(21-23-11-6-4-7-12-23)36-30(38)24-13-8-5-9-14-24/h4-21H,1-3H3,(H,35,39)(H,36,38)(H,37,40)/b29-21-. The van der Waals surface area contributed by atoms with Gasteiger partial charge >= 0.3 is 0 Å². The van der Waals surface area contributed by atoms with Gasteiger partial charge in [0.2, 0.25) is 5.91 Å². The number of hydrogen-bond acceptors (Lipinski definition) is 4. The van der Waals surface area contributed by atoms with Crippen LogP contribution in [0.15, 0.2) is 114 Å². The number of anilines is 2. The molecule has 0 atom stereocenters. The molecule has 3 N–H and O–H groups in total. The van der Waals surface area contributed by atoms with Gasteiger partial charge in [-0.3, -0.25) is 14.4 Å². The normalized spacial score (nSPS) is 11.5. The number of hydrogen-bond donors (Lipinski definition) is 3. The Morgan fingerprint density at radius 2 is 1.41 bits per heavy atom. The first-order chi connectivity index (χ1) is 19.6. The van der Waals surface area contributed by atoms with Crippen LogP contribution in [-0.2, 0) is 9.59 Å². The molecule has 6 nitrogen and oxygen atoms in total. The fourth-order valence-electron chi connectivity index (χ4n) is 3.82. The SMILES string of the molecule is Cc1c(Cl)cccc1NC(=O)C(C)(C)Sc1ccc(NC(=O)/C(=C/c2ccccc2)NC(=O)c2ccccc2)cc1. The highest BCUT2D eigenvalue weighted by molar-refractivity contribution is 8.01. The Labute approximate surface area is 249 Å². The summed E-state index contributed by atoms with van der Waals surface area (Å²) >= 11 is 7.59. The van der Waals surface area contributed by atoms with Crippen molar-refractivity contribution in [3.63, 3.8) is 0 Å². The highest BCUT2D eigenvalue weighted by Gasteiger charge is 2.29. The lowest BCUT2D eigenvalue weighted by Gasteiger charge is -2.24. The molecule has 41 heavy (non-hydrogen) atoms. The molecule has 8 heteroatoms. The summed E-state index contributed by atoms with van der Waals surface area (Å²) in [6, 6.07) is 30.6. The number of amides is 3. The zero-order chi connectivity index (χ0) is 29.4. The lowest BCUT2D eigenvalue weighted by atomic mass is 10.1. The molecule has 0 aliphatic heterocycles. The van der Waals surface area contributed by atoms with Crippen molar-refractivity contribution >= 4 is 58.5 Å². The summed E-state index contributed by atoms with van der Waals surface area (Å²) in [4.78, 5) is 40.0. The lowest BCUT2D eigenvalue weighted by Crippen LogP contribution is -2.34. The van der Waals surface area contributed by atoms with Crippen molar-refractivity contribution in [3.8, 4) is 0 Å². The monoisotopic (exact) mass is 583 g/mol. The van der Waals surface area contributed by atoms with E-state index >= 15 is 0 Å². The van der Waals surface area contributed by atoms with Gasteiger partial charge in [0, 0.05) is 26.9 Å². The van der Waals surface area contributed by atoms with Gasteiger partial charge in [0.05, 0.1) is 4.75 Å². The molecule has 0 fully saturated rings. The quantitative estimate of drug-likeness (QED) is 0.140. The maximum Gasteiger partial charge on any atom is 0.272 e. The van der Waals surface area contributed by atoms with Gasteiger partial charge in [-0.1, -0.05) is 66.2 Å². The van der Waals surface area contributed by atoms with Crippen LogP contribution in [0.4, 0.5) is 11.4 Å². The van der Waals surface area contributed by atoms with E-state index in [0.717, 1.165) is 16.0 Å². The van der Waals surface area contributed by atoms with Crippen LogP contribution in [0.1, 0.15) is 35.3 Å². The van der Waals surface area contributed by atoms with E-state index in [1.807, 2.05) is 75.4 Å². The van der Waals surface area contributed by atoms with Crippen molar-refractivity contribution < 1.29 is 14.4 Å². The van der Waals surface area contributed by atoms with Crippen molar-refractivity contribution in [1.82, 2.24) is 5.32 Å². The number of carbonyl (C=O) groups excluding carboxylic acids is 3. The van der Waals surface area contributed by atoms with Crippen molar-refractivity contribution in [2.45, 2.75) is 30.4 Å². The van der Waals surface area contributed by atoms with Crippen LogP contribution in [0.2, 0.25) is 5.02 Å². The molecule has 0 aliphatic rings. The number of carbonyl (C=O) groups is 3. The van der Waals surface area contributed by atoms with Crippen LogP contribution in [0, 0.1) is 6.92 Å². The second-order valence-electron chi connectivity index (χ2n) is 9.75. The van der Waals surface area contributed by atoms with E-state index in [-0.39, 0.29) is 17.5 Å². The summed E-state index contributed by atoms with van der Waals surface area (Å²) in [6.07, 6.45) is 1.63. The first-order valence-corrected chi connectivity index (χ1v) is 14.1. The molecule has 0 unspecified atom stereocenters. The lowest BCUT2D eigenvalue weighted by molar-refractivity contribution is -0.117. The molecule has 0 heterocycles. The second kappa shape index (κ2) is 13.4. The highest BCUT2D eigenvalue weighted by atomic mass is 35.5. The van der Waals surface area contributed by atoms with E-state index in [4.69, 9.17) is 11.6 Å². The van der Waals surface area contributed by atoms with E-state index in [0.29, 0.717) is 22.0 Å². The minimum atomic E-state index is -0.785. The minimum absolute atomic E-state index is 0.109. The molecule has 4 aromatic carbocycles. The Morgan fingerprint density at radius 3 is 2.07 bits per heavy atom. The summed E-state index contributed by atoms with van der Waals surface area (Å²) in [5, 5.41) is 9.15. The van der Waals surface area contributed by atoms with Gasteiger partial charge in [-0.25, -0.2) is 0 Å². The average Bonchev–Trinajstić information content (AvgIpc) is 2.97. The Kier molecular flexibility index (Phi) is 9.65. The molecule has 3 amide bonds. The third kappa shape index (κ3) is 8.10. The predicted molar refractivity (Wildman–Crippen MR) is 168 cm³/mol. The Morgan fingerprint density at radius 1 is 0.780 bits per heavy atom. The number of nitrogens with one attached hydrogen (secondary N) is 3. The number of thioether (sulfide) groups is 1. The maximum absolute atomic E-state index is 13.3. The molecule has 0 bridgehead atoms. The zero-order valence-corrected chi connectivity index (χ0v) is 24.5. The molecule has 0 saturated heterocycles. The van der Waals surface area contributed by atoms with E-state index in [1.165, 1.54) is 11.8 Å². The van der Waals surface area contributed by atoms with Crippen LogP contribution in [0.25, 0.3) is 6.08 Å². The smallest absolute Gasteiger partial charge is 0.272 e. The van der Waals surface area contributed by atoms with Gasteiger partial charge in [-0.05, 0) is 86.5 Å². The first kappa shape index (κ1) is 29.6. The van der Waals surface area contributed by atoms with Gasteiger partial charge in [0.1, 0.15) is 5.70 Å². The van der Waals surface area contributed by atoms with Gasteiger partial charge in [-0.15, -0.1) is 11.8 Å². The van der Waals surface area contributed by atoms with Crippen LogP contribution < -0.4 is 16.0 Å². The summed E-state index contributed by atoms with van der Waals surface area (Å²) < 4.78 is -0.785. The molecule has 4 aromatic rings. The second-order valence-corrected chi connectivity index (χ2v) is 11.8. The summed E-state index contributed by atoms with van der Waals surface area (Å²) in [6.45, 7) is 5.55. The van der Waals surface area contributed by atoms with Gasteiger partial charge in [0.25, 0.3) is 11.8 Å². The maximum atomic E-state index is 13.3. The number of benzene rings is 4. The summed E-state index contributed by atoms with van der Waals surface area (Å²) in [7, 11) is 0. The summed E-state index contributed by atoms with van der Waals surface area (Å²) in [5.74, 6) is -1.01. The van der Waals surface area contributed by atoms with E-state index < -0.39 is 10.7 Å². The molecule has 0 aliphatic carbocycles. The molecule has 0 aromatic heterocycles. The zero-order valence-electron chi connectivity index (χ0n) is 22.9. The number of rotatable bonds is 9. The fraction of sp³-hybridized carbons (Fsp3) is 0.121. The van der Waals surface area contributed by atoms with Crippen molar-refractivity contribution in [2.75, 3.05) is 10.6 Å². The third-order valence-electron chi connectivity index (χ3n) is 6.19. The van der Waals surface area contributed by atoms with E-state index in [9.17, 15) is 14.4 Å². The third-order valence-corrected chi connectivity index (χ3v) is 7.80. The highest BCUT2D eigenvalue weighted by Crippen LogP contribution is 2.35. The van der Waals surface area contributed by atoms with Gasteiger partial charge < -0.3 is 16.0 Å². The predicted octanol–water partition coefficient (Wildman–Crippen LogP) is 7.57. The minimum Gasteiger partial charge on any atom is -0.325 e. The molecule has 0 saturated carbocycles. The van der Waals surface area contributed by atoms with Gasteiger partial charge in [-0.2, -0.15) is 0 Å². The molecular weight excluding hydrogens is 554 g/mol. The Hall–Kier alpha value is -4.33. The van der Waals surface area contributed by atoms with Crippen LogP contribution in [-0.4, -0.2) is 22.5 Å². The molecule has 208 valence electrons. The van der Waals surface area contributed by atoms with E-state index in [2.05, 4.69) is 16.0 Å². The van der Waals surface area contributed by atoms with Crippen LogP contribution in [0.3, 0.4) is 0 Å². The molecule has 0 spiro atoms. The molecule has 4 rings (SSSR count).